The number of ether oxygens (including phenoxy) is 2. The van der Waals surface area contributed by atoms with Crippen molar-refractivity contribution in [2.45, 2.75) is 6.92 Å². The number of pyridine rings is 2. The molecule has 0 aliphatic rings. The largest absolute Gasteiger partial charge is 0.462 e. The summed E-state index contributed by atoms with van der Waals surface area (Å²) in [6.45, 7) is 1.92. The van der Waals surface area contributed by atoms with E-state index in [-0.39, 0.29) is 51.3 Å². The molecule has 0 saturated heterocycles. The van der Waals surface area contributed by atoms with Crippen LogP contribution in [0.1, 0.15) is 28.4 Å². The van der Waals surface area contributed by atoms with E-state index in [2.05, 4.69) is 9.97 Å². The second-order valence-electron chi connectivity index (χ2n) is 6.07. The third kappa shape index (κ3) is 4.32. The predicted molar refractivity (Wildman–Crippen MR) is 112 cm³/mol. The molecule has 1 aromatic carbocycles. The molecule has 3 N–H and O–H groups in total. The van der Waals surface area contributed by atoms with Crippen molar-refractivity contribution < 1.29 is 14.3 Å². The fourth-order valence-electron chi connectivity index (χ4n) is 2.79. The Morgan fingerprint density at radius 1 is 1.23 bits per heavy atom. The molecule has 0 aliphatic carbocycles. The molecule has 31 heavy (non-hydrogen) atoms. The highest BCUT2D eigenvalue weighted by molar-refractivity contribution is 6.32. The topological polar surface area (TPSA) is 155 Å². The van der Waals surface area contributed by atoms with Gasteiger partial charge in [0.25, 0.3) is 5.56 Å². The summed E-state index contributed by atoms with van der Waals surface area (Å²) in [6.07, 6.45) is 1.39. The number of aromatic nitrogens is 2. The van der Waals surface area contributed by atoms with Gasteiger partial charge in [0, 0.05) is 17.8 Å². The quantitative estimate of drug-likeness (QED) is 0.577. The van der Waals surface area contributed by atoms with E-state index in [4.69, 9.17) is 26.8 Å². The average molecular weight is 436 g/mol. The summed E-state index contributed by atoms with van der Waals surface area (Å²) in [5, 5.41) is 18.9. The zero-order valence-electron chi connectivity index (χ0n) is 16.1. The van der Waals surface area contributed by atoms with Crippen LogP contribution in [-0.4, -0.2) is 22.5 Å². The fourth-order valence-corrected chi connectivity index (χ4v) is 3.01. The number of rotatable bonds is 5. The monoisotopic (exact) mass is 435 g/mol. The van der Waals surface area contributed by atoms with Crippen molar-refractivity contribution in [1.29, 1.82) is 10.5 Å². The van der Waals surface area contributed by atoms with E-state index in [1.165, 1.54) is 36.5 Å². The van der Waals surface area contributed by atoms with Crippen LogP contribution in [0.5, 0.6) is 11.6 Å². The summed E-state index contributed by atoms with van der Waals surface area (Å²) < 4.78 is 10.6. The maximum atomic E-state index is 12.1. The number of esters is 1. The van der Waals surface area contributed by atoms with Crippen LogP contribution in [0.15, 0.2) is 41.3 Å². The Morgan fingerprint density at radius 2 is 1.97 bits per heavy atom. The van der Waals surface area contributed by atoms with E-state index >= 15 is 0 Å². The van der Waals surface area contributed by atoms with Crippen molar-refractivity contribution in [1.82, 2.24) is 9.97 Å². The number of H-pyrrole nitrogens is 1. The van der Waals surface area contributed by atoms with Gasteiger partial charge < -0.3 is 20.2 Å². The van der Waals surface area contributed by atoms with E-state index < -0.39 is 11.5 Å². The van der Waals surface area contributed by atoms with Crippen LogP contribution in [-0.2, 0) is 4.74 Å². The molecule has 0 bridgehead atoms. The van der Waals surface area contributed by atoms with Gasteiger partial charge in [-0.1, -0.05) is 17.7 Å². The van der Waals surface area contributed by atoms with Crippen molar-refractivity contribution >= 4 is 23.4 Å². The van der Waals surface area contributed by atoms with Gasteiger partial charge in [-0.25, -0.2) is 9.78 Å². The molecular formula is C21H14ClN5O4. The standard InChI is InChI=1S/C21H14ClN5O4/c1-2-30-21(29)12-5-6-26-17(8-12)31-16-4-3-11(7-15(16)22)18-13(9-23)19(25)27-20(28)14(18)10-24/h3-8H,2H2,1H3,(H3,25,27,28). The number of aromatic amines is 1. The summed E-state index contributed by atoms with van der Waals surface area (Å²) in [5.74, 6) is -0.362. The highest BCUT2D eigenvalue weighted by atomic mass is 35.5. The lowest BCUT2D eigenvalue weighted by atomic mass is 9.96. The van der Waals surface area contributed by atoms with Gasteiger partial charge in [0.05, 0.1) is 17.2 Å². The number of hydrogen-bond acceptors (Lipinski definition) is 8. The number of nitrogens with two attached hydrogens (primary N) is 1. The first kappa shape index (κ1) is 21.4. The van der Waals surface area contributed by atoms with E-state index in [0.29, 0.717) is 5.56 Å². The summed E-state index contributed by atoms with van der Waals surface area (Å²) in [7, 11) is 0. The summed E-state index contributed by atoms with van der Waals surface area (Å²) in [6, 6.07) is 11.0. The second-order valence-corrected chi connectivity index (χ2v) is 6.47. The van der Waals surface area contributed by atoms with Crippen LogP contribution < -0.4 is 16.0 Å². The first-order valence-electron chi connectivity index (χ1n) is 8.86. The summed E-state index contributed by atoms with van der Waals surface area (Å²) >= 11 is 6.32. The Morgan fingerprint density at radius 3 is 2.61 bits per heavy atom. The van der Waals surface area contributed by atoms with Crippen molar-refractivity contribution in [2.75, 3.05) is 12.3 Å². The Bertz CT molecular complexity index is 1320. The fraction of sp³-hybridized carbons (Fsp3) is 0.0952. The van der Waals surface area contributed by atoms with Crippen LogP contribution >= 0.6 is 11.6 Å². The molecule has 3 rings (SSSR count). The molecule has 0 fully saturated rings. The van der Waals surface area contributed by atoms with Gasteiger partial charge >= 0.3 is 5.97 Å². The van der Waals surface area contributed by atoms with Crippen LogP contribution in [0, 0.1) is 22.7 Å². The number of anilines is 1. The van der Waals surface area contributed by atoms with Crippen molar-refractivity contribution in [3.63, 3.8) is 0 Å². The van der Waals surface area contributed by atoms with Gasteiger partial charge in [0.2, 0.25) is 5.88 Å². The lowest BCUT2D eigenvalue weighted by Gasteiger charge is -2.12. The number of hydrogen-bond donors (Lipinski definition) is 2. The van der Waals surface area contributed by atoms with Gasteiger partial charge in [0.15, 0.2) is 0 Å². The molecule has 154 valence electrons. The zero-order chi connectivity index (χ0) is 22.5. The molecule has 3 aromatic rings. The summed E-state index contributed by atoms with van der Waals surface area (Å²) in [4.78, 5) is 30.3. The number of nitrogen functional groups attached to an aromatic ring is 1. The van der Waals surface area contributed by atoms with Crippen LogP contribution in [0.2, 0.25) is 5.02 Å². The Balaban J connectivity index is 2.01. The normalized spacial score (nSPS) is 10.1. The molecule has 0 unspecified atom stereocenters. The Hall–Kier alpha value is -4.34. The van der Waals surface area contributed by atoms with E-state index in [1.807, 2.05) is 6.07 Å². The van der Waals surface area contributed by atoms with E-state index in [1.54, 1.807) is 13.0 Å². The number of nitriles is 2. The molecule has 0 saturated carbocycles. The number of nitrogens with zero attached hydrogens (tertiary/aromatic N) is 3. The number of benzene rings is 1. The lowest BCUT2D eigenvalue weighted by molar-refractivity contribution is 0.0526. The second kappa shape index (κ2) is 8.99. The molecule has 0 atom stereocenters. The minimum atomic E-state index is -0.717. The van der Waals surface area contributed by atoms with Gasteiger partial charge in [-0.3, -0.25) is 4.79 Å². The van der Waals surface area contributed by atoms with Crippen LogP contribution in [0.25, 0.3) is 11.1 Å². The zero-order valence-corrected chi connectivity index (χ0v) is 16.9. The number of halogens is 1. The first-order valence-corrected chi connectivity index (χ1v) is 9.24. The van der Waals surface area contributed by atoms with Crippen molar-refractivity contribution in [2.24, 2.45) is 0 Å². The van der Waals surface area contributed by atoms with Gasteiger partial charge in [-0.2, -0.15) is 10.5 Å². The highest BCUT2D eigenvalue weighted by Crippen LogP contribution is 2.35. The van der Waals surface area contributed by atoms with Crippen LogP contribution in [0.4, 0.5) is 5.82 Å². The molecule has 2 heterocycles. The number of carbonyl (C=O) groups is 1. The minimum Gasteiger partial charge on any atom is -0.462 e. The average Bonchev–Trinajstić information content (AvgIpc) is 2.75. The van der Waals surface area contributed by atoms with Crippen LogP contribution in [0.3, 0.4) is 0 Å². The maximum absolute atomic E-state index is 12.1. The Kier molecular flexibility index (Phi) is 6.20. The van der Waals surface area contributed by atoms with Gasteiger partial charge in [-0.05, 0) is 30.7 Å². The summed E-state index contributed by atoms with van der Waals surface area (Å²) in [5.41, 5.74) is 5.36. The molecule has 9 nitrogen and oxygen atoms in total. The molecular weight excluding hydrogens is 422 g/mol. The highest BCUT2D eigenvalue weighted by Gasteiger charge is 2.19. The number of carbonyl (C=O) groups excluding carboxylic acids is 1. The molecule has 0 amide bonds. The lowest BCUT2D eigenvalue weighted by Crippen LogP contribution is -2.16. The van der Waals surface area contributed by atoms with Gasteiger partial charge in [-0.15, -0.1) is 0 Å². The third-order valence-corrected chi connectivity index (χ3v) is 4.44. The van der Waals surface area contributed by atoms with E-state index in [9.17, 15) is 20.1 Å². The molecule has 10 heteroatoms. The van der Waals surface area contributed by atoms with E-state index in [0.717, 1.165) is 0 Å². The van der Waals surface area contributed by atoms with Gasteiger partial charge in [0.1, 0.15) is 34.8 Å². The maximum Gasteiger partial charge on any atom is 0.338 e. The molecule has 0 aliphatic heterocycles. The first-order chi connectivity index (χ1) is 14.9. The molecule has 0 radical (unpaired) electrons. The third-order valence-electron chi connectivity index (χ3n) is 4.15. The number of nitrogens with one attached hydrogen (secondary N) is 1. The molecule has 0 spiro atoms. The SMILES string of the molecule is CCOC(=O)c1ccnc(Oc2ccc(-c3c(C#N)c(N)[nH]c(=O)c3C#N)cc2Cl)c1. The van der Waals surface area contributed by atoms with Crippen molar-refractivity contribution in [3.05, 3.63) is 68.6 Å². The Labute approximate surface area is 181 Å². The smallest absolute Gasteiger partial charge is 0.338 e. The molecule has 2 aromatic heterocycles. The van der Waals surface area contributed by atoms with Crippen molar-refractivity contribution in [3.8, 4) is 34.9 Å². The minimum absolute atomic E-state index is 0.0512. The predicted octanol–water partition coefficient (Wildman–Crippen LogP) is 3.38.